The fraction of sp³-hybridized carbons (Fsp3) is 0.800. The SMILES string of the molecule is CC(=O)[C@@]1(O)CCC2C3CCC4=C(CCC(=O)C4)C3CC[C@@]21C. The van der Waals surface area contributed by atoms with Gasteiger partial charge in [0.05, 0.1) is 0 Å². The number of ketones is 2. The monoisotopic (exact) mass is 316 g/mol. The molecule has 3 heteroatoms. The van der Waals surface area contributed by atoms with Crippen molar-refractivity contribution < 1.29 is 14.7 Å². The molecule has 0 aromatic carbocycles. The van der Waals surface area contributed by atoms with Crippen molar-refractivity contribution in [1.82, 2.24) is 0 Å². The Morgan fingerprint density at radius 3 is 2.65 bits per heavy atom. The van der Waals surface area contributed by atoms with Gasteiger partial charge in [-0.2, -0.15) is 0 Å². The highest BCUT2D eigenvalue weighted by Crippen LogP contribution is 2.64. The average molecular weight is 316 g/mol. The predicted octanol–water partition coefficient (Wildman–Crippen LogP) is 3.59. The number of allylic oxidation sites excluding steroid dienone is 2. The number of carbonyl (C=O) groups is 2. The normalized spacial score (nSPS) is 46.2. The number of carbonyl (C=O) groups excluding carboxylic acids is 2. The summed E-state index contributed by atoms with van der Waals surface area (Å²) in [5, 5.41) is 11.1. The molecule has 2 saturated carbocycles. The van der Waals surface area contributed by atoms with Crippen LogP contribution < -0.4 is 0 Å². The molecule has 1 N–H and O–H groups in total. The molecule has 0 radical (unpaired) electrons. The zero-order valence-corrected chi connectivity index (χ0v) is 14.4. The summed E-state index contributed by atoms with van der Waals surface area (Å²) in [4.78, 5) is 23.9. The van der Waals surface area contributed by atoms with E-state index in [9.17, 15) is 14.7 Å². The van der Waals surface area contributed by atoms with Gasteiger partial charge in [0.2, 0.25) is 0 Å². The van der Waals surface area contributed by atoms with Crippen molar-refractivity contribution in [1.29, 1.82) is 0 Å². The quantitative estimate of drug-likeness (QED) is 0.752. The summed E-state index contributed by atoms with van der Waals surface area (Å²) in [5.41, 5.74) is 1.66. The second-order valence-electron chi connectivity index (χ2n) is 8.67. The molecule has 0 saturated heterocycles. The van der Waals surface area contributed by atoms with Crippen LogP contribution in [0.15, 0.2) is 11.1 Å². The van der Waals surface area contributed by atoms with Crippen molar-refractivity contribution in [2.75, 3.05) is 0 Å². The predicted molar refractivity (Wildman–Crippen MR) is 87.8 cm³/mol. The van der Waals surface area contributed by atoms with Crippen LogP contribution in [0.4, 0.5) is 0 Å². The van der Waals surface area contributed by atoms with Gasteiger partial charge in [-0.1, -0.05) is 18.1 Å². The molecule has 4 rings (SSSR count). The molecule has 0 amide bonds. The summed E-state index contributed by atoms with van der Waals surface area (Å²) in [6.45, 7) is 3.73. The first-order chi connectivity index (χ1) is 10.9. The molecule has 0 spiro atoms. The van der Waals surface area contributed by atoms with Crippen molar-refractivity contribution >= 4 is 11.6 Å². The molecule has 23 heavy (non-hydrogen) atoms. The molecule has 3 nitrogen and oxygen atoms in total. The second-order valence-corrected chi connectivity index (χ2v) is 8.67. The highest BCUT2D eigenvalue weighted by molar-refractivity contribution is 5.86. The summed E-state index contributed by atoms with van der Waals surface area (Å²) in [6.07, 6.45) is 8.24. The summed E-state index contributed by atoms with van der Waals surface area (Å²) in [5.74, 6) is 2.05. The third-order valence-corrected chi connectivity index (χ3v) is 7.94. The van der Waals surface area contributed by atoms with Crippen molar-refractivity contribution in [2.24, 2.45) is 23.2 Å². The maximum Gasteiger partial charge on any atom is 0.161 e. The Morgan fingerprint density at radius 2 is 1.91 bits per heavy atom. The Balaban J connectivity index is 1.67. The van der Waals surface area contributed by atoms with Gasteiger partial charge in [0.25, 0.3) is 0 Å². The average Bonchev–Trinajstić information content (AvgIpc) is 2.80. The highest BCUT2D eigenvalue weighted by atomic mass is 16.3. The molecule has 0 heterocycles. The zero-order chi connectivity index (χ0) is 16.4. The second kappa shape index (κ2) is 5.02. The first-order valence-corrected chi connectivity index (χ1v) is 9.33. The number of fused-ring (bicyclic) bond motifs is 4. The van der Waals surface area contributed by atoms with Gasteiger partial charge in [-0.3, -0.25) is 9.59 Å². The molecule has 0 aliphatic heterocycles. The van der Waals surface area contributed by atoms with Crippen LogP contribution in [0, 0.1) is 23.2 Å². The Hall–Kier alpha value is -0.960. The van der Waals surface area contributed by atoms with Crippen LogP contribution in [-0.2, 0) is 9.59 Å². The van der Waals surface area contributed by atoms with Crippen LogP contribution in [0.1, 0.15) is 71.6 Å². The van der Waals surface area contributed by atoms with E-state index < -0.39 is 5.60 Å². The van der Waals surface area contributed by atoms with E-state index >= 15 is 0 Å². The Kier molecular flexibility index (Phi) is 3.39. The van der Waals surface area contributed by atoms with Gasteiger partial charge >= 0.3 is 0 Å². The third-order valence-electron chi connectivity index (χ3n) is 7.94. The summed E-state index contributed by atoms with van der Waals surface area (Å²) >= 11 is 0. The largest absolute Gasteiger partial charge is 0.382 e. The maximum absolute atomic E-state index is 12.2. The van der Waals surface area contributed by atoms with Crippen molar-refractivity contribution in [3.8, 4) is 0 Å². The van der Waals surface area contributed by atoms with E-state index in [4.69, 9.17) is 0 Å². The topological polar surface area (TPSA) is 54.4 Å². The number of aliphatic hydroxyl groups is 1. The fourth-order valence-corrected chi connectivity index (χ4v) is 6.65. The molecule has 2 fully saturated rings. The molecule has 3 unspecified atom stereocenters. The van der Waals surface area contributed by atoms with Gasteiger partial charge in [0.15, 0.2) is 5.78 Å². The van der Waals surface area contributed by atoms with E-state index in [2.05, 4.69) is 6.92 Å². The van der Waals surface area contributed by atoms with E-state index in [0.717, 1.165) is 44.9 Å². The lowest BCUT2D eigenvalue weighted by molar-refractivity contribution is -0.155. The number of hydrogen-bond donors (Lipinski definition) is 1. The number of rotatable bonds is 1. The van der Waals surface area contributed by atoms with E-state index in [-0.39, 0.29) is 11.2 Å². The van der Waals surface area contributed by atoms with Crippen LogP contribution in [0.5, 0.6) is 0 Å². The Morgan fingerprint density at radius 1 is 1.13 bits per heavy atom. The molecule has 0 aromatic rings. The van der Waals surface area contributed by atoms with E-state index in [1.807, 2.05) is 0 Å². The molecule has 5 atom stereocenters. The van der Waals surface area contributed by atoms with Crippen molar-refractivity contribution in [2.45, 2.75) is 77.2 Å². The first kappa shape index (κ1) is 15.6. The van der Waals surface area contributed by atoms with Crippen LogP contribution in [0.2, 0.25) is 0 Å². The number of Topliss-reactive ketones (excluding diaryl/α,β-unsaturated/α-hetero) is 2. The van der Waals surface area contributed by atoms with Gasteiger partial charge in [-0.15, -0.1) is 0 Å². The Labute approximate surface area is 138 Å². The van der Waals surface area contributed by atoms with Crippen molar-refractivity contribution in [3.63, 3.8) is 0 Å². The minimum Gasteiger partial charge on any atom is -0.382 e. The summed E-state index contributed by atoms with van der Waals surface area (Å²) in [7, 11) is 0. The van der Waals surface area contributed by atoms with Gasteiger partial charge < -0.3 is 5.11 Å². The third kappa shape index (κ3) is 1.98. The van der Waals surface area contributed by atoms with Gasteiger partial charge in [0, 0.05) is 18.3 Å². The van der Waals surface area contributed by atoms with Crippen LogP contribution >= 0.6 is 0 Å². The minimum atomic E-state index is -1.11. The highest BCUT2D eigenvalue weighted by Gasteiger charge is 2.63. The van der Waals surface area contributed by atoms with Crippen LogP contribution in [-0.4, -0.2) is 22.3 Å². The van der Waals surface area contributed by atoms with Crippen LogP contribution in [0.25, 0.3) is 0 Å². The molecular formula is C20H28O3. The van der Waals surface area contributed by atoms with E-state index in [1.165, 1.54) is 5.57 Å². The lowest BCUT2D eigenvalue weighted by Crippen LogP contribution is -2.54. The zero-order valence-electron chi connectivity index (χ0n) is 14.4. The maximum atomic E-state index is 12.2. The molecular weight excluding hydrogens is 288 g/mol. The van der Waals surface area contributed by atoms with Gasteiger partial charge in [-0.05, 0) is 69.6 Å². The van der Waals surface area contributed by atoms with Crippen molar-refractivity contribution in [3.05, 3.63) is 11.1 Å². The minimum absolute atomic E-state index is 0.0417. The van der Waals surface area contributed by atoms with E-state index in [1.54, 1.807) is 12.5 Å². The number of hydrogen-bond acceptors (Lipinski definition) is 3. The molecule has 4 aliphatic rings. The smallest absolute Gasteiger partial charge is 0.161 e. The lowest BCUT2D eigenvalue weighted by Gasteiger charge is -2.53. The van der Waals surface area contributed by atoms with Crippen LogP contribution in [0.3, 0.4) is 0 Å². The fourth-order valence-electron chi connectivity index (χ4n) is 6.65. The molecule has 4 aliphatic carbocycles. The standard InChI is InChI=1S/C20H28O3/c1-12(21)20(23)10-8-18-17-5-3-13-11-14(22)4-6-15(13)16(17)7-9-19(18,20)2/h16-18,23H,3-11H2,1-2H3/t16?,17?,18?,19-,20-/m0/s1. The summed E-state index contributed by atoms with van der Waals surface area (Å²) < 4.78 is 0. The molecule has 126 valence electrons. The molecule has 0 aromatic heterocycles. The van der Waals surface area contributed by atoms with Gasteiger partial charge in [-0.25, -0.2) is 0 Å². The molecule has 0 bridgehead atoms. The lowest BCUT2D eigenvalue weighted by atomic mass is 9.52. The first-order valence-electron chi connectivity index (χ1n) is 9.33. The summed E-state index contributed by atoms with van der Waals surface area (Å²) in [6, 6.07) is 0. The Bertz CT molecular complexity index is 604. The van der Waals surface area contributed by atoms with E-state index in [0.29, 0.717) is 36.4 Å². The van der Waals surface area contributed by atoms with Gasteiger partial charge in [0.1, 0.15) is 11.4 Å².